The molecule has 9 heteroatoms. The van der Waals surface area contributed by atoms with Gasteiger partial charge in [0.05, 0.1) is 0 Å². The number of hydrogen-bond acceptors (Lipinski definition) is 4. The van der Waals surface area contributed by atoms with Crippen molar-refractivity contribution >= 4 is 43.2 Å². The van der Waals surface area contributed by atoms with Gasteiger partial charge in [0.2, 0.25) is 0 Å². The van der Waals surface area contributed by atoms with E-state index in [1.807, 2.05) is 55.0 Å². The van der Waals surface area contributed by atoms with Gasteiger partial charge in [-0.05, 0) is 132 Å². The van der Waals surface area contributed by atoms with Crippen molar-refractivity contribution in [3.63, 3.8) is 0 Å². The predicted molar refractivity (Wildman–Crippen MR) is 195 cm³/mol. The van der Waals surface area contributed by atoms with Crippen LogP contribution in [0.25, 0.3) is 0 Å². The molecule has 47 heavy (non-hydrogen) atoms. The maximum Gasteiger partial charge on any atom is 2.00 e. The van der Waals surface area contributed by atoms with E-state index in [0.29, 0.717) is 0 Å². The molecular formula is C38H41Br2Cl2N4Ru. The first-order valence-corrected chi connectivity index (χ1v) is 16.1. The van der Waals surface area contributed by atoms with E-state index in [0.717, 1.165) is 27.6 Å². The maximum atomic E-state index is 5.36. The Bertz CT molecular complexity index is 1430. The number of benzene rings is 2. The minimum atomic E-state index is 0. The summed E-state index contributed by atoms with van der Waals surface area (Å²) in [7, 11) is 0. The summed E-state index contributed by atoms with van der Waals surface area (Å²) in [6.45, 7) is 22.9. The van der Waals surface area contributed by atoms with Crippen LogP contribution in [-0.2, 0) is 19.5 Å². The van der Waals surface area contributed by atoms with Crippen LogP contribution in [0.15, 0.2) is 112 Å². The molecule has 0 bridgehead atoms. The summed E-state index contributed by atoms with van der Waals surface area (Å²) in [6, 6.07) is 16.7. The third-order valence-corrected chi connectivity index (χ3v) is 7.69. The van der Waals surface area contributed by atoms with Crippen molar-refractivity contribution in [3.05, 3.63) is 165 Å². The Kier molecular flexibility index (Phi) is 21.7. The van der Waals surface area contributed by atoms with Crippen molar-refractivity contribution in [1.82, 2.24) is 9.97 Å². The van der Waals surface area contributed by atoms with E-state index in [2.05, 4.69) is 124 Å². The molecule has 0 unspecified atom stereocenters. The van der Waals surface area contributed by atoms with Crippen molar-refractivity contribution in [3.8, 4) is 0 Å². The fourth-order valence-electron chi connectivity index (χ4n) is 5.23. The zero-order chi connectivity index (χ0) is 32.1. The molecule has 0 N–H and O–H groups in total. The Labute approximate surface area is 324 Å². The summed E-state index contributed by atoms with van der Waals surface area (Å²) in [5.41, 5.74) is 11.7. The van der Waals surface area contributed by atoms with Gasteiger partial charge in [0.25, 0.3) is 0 Å². The predicted octanol–water partition coefficient (Wildman–Crippen LogP) is 4.35. The number of pyridine rings is 2. The molecule has 0 spiro atoms. The minimum absolute atomic E-state index is 0. The topological polar surface area (TPSA) is 32.3 Å². The maximum absolute atomic E-state index is 5.36. The first-order chi connectivity index (χ1) is 21.0. The first-order valence-electron chi connectivity index (χ1n) is 14.5. The largest absolute Gasteiger partial charge is 2.00 e. The van der Waals surface area contributed by atoms with Crippen LogP contribution in [-0.4, -0.2) is 23.1 Å². The molecule has 249 valence electrons. The van der Waals surface area contributed by atoms with Gasteiger partial charge in [-0.15, -0.1) is 0 Å². The van der Waals surface area contributed by atoms with Crippen LogP contribution in [0.2, 0.25) is 0 Å². The normalized spacial score (nSPS) is 12.3. The van der Waals surface area contributed by atoms with E-state index >= 15 is 0 Å². The minimum Gasteiger partial charge on any atom is -1.00 e. The number of rotatable bonds is 2. The molecule has 0 atom stereocenters. The molecule has 4 nitrogen and oxygen atoms in total. The third-order valence-electron chi connectivity index (χ3n) is 6.76. The van der Waals surface area contributed by atoms with Crippen molar-refractivity contribution < 1.29 is 44.3 Å². The van der Waals surface area contributed by atoms with Gasteiger partial charge in [0.15, 0.2) is 0 Å². The Morgan fingerprint density at radius 1 is 0.681 bits per heavy atom. The first kappa shape index (κ1) is 44.5. The monoisotopic (exact) mass is 883 g/mol. The van der Waals surface area contributed by atoms with E-state index in [-0.39, 0.29) is 44.3 Å². The van der Waals surface area contributed by atoms with Gasteiger partial charge in [-0.2, -0.15) is 6.58 Å². The van der Waals surface area contributed by atoms with Gasteiger partial charge in [-0.25, -0.2) is 0 Å². The summed E-state index contributed by atoms with van der Waals surface area (Å²) in [4.78, 5) is 12.5. The SMILES string of the molecule is Brc1cccnc1.Brc1cccnc1.Cc1cc(C)c(N2[CH]N(c3c(C)cc(C)cc3C)CC2)c(C)c1.[CH+]=C1C=CC=C[CH-]1.[Cl-].[Cl-].[Ru+2]. The van der Waals surface area contributed by atoms with E-state index in [1.54, 1.807) is 24.8 Å². The summed E-state index contributed by atoms with van der Waals surface area (Å²) < 4.78 is 2.05. The Hall–Kier alpha value is -2.50. The van der Waals surface area contributed by atoms with Crippen LogP contribution >= 0.6 is 31.9 Å². The Balaban J connectivity index is 0.000000721. The standard InChI is InChI=1S/C21H27N2.C7H6.2C5H4BrN.2ClH.Ru/c1-14-9-16(3)20(17(4)10-14)22-7-8-23(13-22)21-18(5)11-15(2)12-19(21)6;1-7-5-3-2-4-6-7;2*6-5-2-1-3-7-4-5;;;/h9-13H,7-8H2,1-6H3;1-6H;2*1-4H;2*1H;/q;;;;;;+2/p-2. The number of hydrogen-bond donors (Lipinski definition) is 0. The molecule has 1 aliphatic heterocycles. The second-order valence-corrected chi connectivity index (χ2v) is 12.6. The summed E-state index contributed by atoms with van der Waals surface area (Å²) in [5, 5.41) is 0. The van der Waals surface area contributed by atoms with E-state index in [1.165, 1.54) is 44.8 Å². The second kappa shape index (κ2) is 23.0. The van der Waals surface area contributed by atoms with Crippen molar-refractivity contribution in [2.24, 2.45) is 0 Å². The molecule has 2 aromatic carbocycles. The average Bonchev–Trinajstić information content (AvgIpc) is 3.43. The molecule has 0 saturated carbocycles. The fraction of sp³-hybridized carbons (Fsp3) is 0.211. The molecular weight excluding hydrogens is 844 g/mol. The number of aryl methyl sites for hydroxylation is 6. The molecule has 6 rings (SSSR count). The molecule has 2 aliphatic rings. The fourth-order valence-corrected chi connectivity index (χ4v) is 5.77. The molecule has 0 amide bonds. The van der Waals surface area contributed by atoms with Gasteiger partial charge in [-0.1, -0.05) is 53.6 Å². The van der Waals surface area contributed by atoms with Gasteiger partial charge in [0.1, 0.15) is 6.67 Å². The van der Waals surface area contributed by atoms with E-state index in [9.17, 15) is 0 Å². The van der Waals surface area contributed by atoms with E-state index < -0.39 is 0 Å². The van der Waals surface area contributed by atoms with Crippen LogP contribution in [0.4, 0.5) is 11.4 Å². The molecule has 1 fully saturated rings. The molecule has 1 saturated heterocycles. The number of allylic oxidation sites excluding steroid dienone is 5. The van der Waals surface area contributed by atoms with Crippen LogP contribution in [0.5, 0.6) is 0 Å². The smallest absolute Gasteiger partial charge is 1.00 e. The van der Waals surface area contributed by atoms with Crippen molar-refractivity contribution in [2.75, 3.05) is 22.9 Å². The Morgan fingerprint density at radius 2 is 1.09 bits per heavy atom. The zero-order valence-corrected chi connectivity index (χ0v) is 34.0. The van der Waals surface area contributed by atoms with Crippen LogP contribution in [0, 0.1) is 61.2 Å². The number of aromatic nitrogens is 2. The molecule has 1 radical (unpaired) electrons. The number of halogens is 4. The van der Waals surface area contributed by atoms with Gasteiger partial charge < -0.3 is 34.6 Å². The summed E-state index contributed by atoms with van der Waals surface area (Å²) >= 11 is 6.50. The van der Waals surface area contributed by atoms with Crippen LogP contribution in [0.1, 0.15) is 33.4 Å². The van der Waals surface area contributed by atoms with Gasteiger partial charge in [-0.3, -0.25) is 9.97 Å². The molecule has 1 aliphatic carbocycles. The van der Waals surface area contributed by atoms with Crippen molar-refractivity contribution in [2.45, 2.75) is 41.5 Å². The summed E-state index contributed by atoms with van der Waals surface area (Å²) in [5.74, 6) is 0. The quantitative estimate of drug-likeness (QED) is 0.222. The van der Waals surface area contributed by atoms with Crippen LogP contribution in [0.3, 0.4) is 0 Å². The number of nitrogens with zero attached hydrogens (tertiary/aromatic N) is 4. The second-order valence-electron chi connectivity index (χ2n) is 10.8. The Morgan fingerprint density at radius 3 is 1.32 bits per heavy atom. The van der Waals surface area contributed by atoms with E-state index in [4.69, 9.17) is 6.58 Å². The van der Waals surface area contributed by atoms with Gasteiger partial charge >= 0.3 is 19.5 Å². The molecule has 2 aromatic heterocycles. The molecule has 3 heterocycles. The summed E-state index contributed by atoms with van der Waals surface area (Å²) in [6.07, 6.45) is 16.5. The molecule has 4 aromatic rings. The van der Waals surface area contributed by atoms with Gasteiger partial charge in [0, 0.05) is 63.8 Å². The van der Waals surface area contributed by atoms with Crippen LogP contribution < -0.4 is 34.6 Å². The zero-order valence-electron chi connectivity index (χ0n) is 27.5. The number of anilines is 2. The third kappa shape index (κ3) is 15.1. The van der Waals surface area contributed by atoms with Crippen molar-refractivity contribution in [1.29, 1.82) is 0 Å². The average molecular weight is 886 g/mol.